The van der Waals surface area contributed by atoms with Gasteiger partial charge in [0.1, 0.15) is 11.5 Å². The molecule has 0 bridgehead atoms. The minimum Gasteiger partial charge on any atom is -0.505 e. The third-order valence-electron chi connectivity index (χ3n) is 3.82. The lowest BCUT2D eigenvalue weighted by Gasteiger charge is -2.16. The van der Waals surface area contributed by atoms with Crippen molar-refractivity contribution in [3.05, 3.63) is 65.2 Å². The molecule has 2 aliphatic rings. The van der Waals surface area contributed by atoms with Gasteiger partial charge in [-0.15, -0.1) is 0 Å². The smallest absolute Gasteiger partial charge is 0.385 e. The Morgan fingerprint density at radius 2 is 1.18 bits per heavy atom. The lowest BCUT2D eigenvalue weighted by Crippen LogP contribution is -2.29. The van der Waals surface area contributed by atoms with E-state index in [9.17, 15) is 15.1 Å². The minimum absolute atomic E-state index is 0.385. The number of ether oxygens (including phenoxy) is 2. The minimum atomic E-state index is -1.06. The van der Waals surface area contributed by atoms with Crippen molar-refractivity contribution in [3.8, 4) is 11.5 Å². The first-order valence-corrected chi connectivity index (χ1v) is 6.75. The molecule has 6 nitrogen and oxygen atoms in total. The molecule has 108 valence electrons. The Labute approximate surface area is 125 Å². The number of carbonyl (C=O) groups excluding carboxylic acids is 2. The average molecular weight is 294 g/mol. The second kappa shape index (κ2) is 4.49. The van der Waals surface area contributed by atoms with E-state index in [1.807, 2.05) is 0 Å². The fraction of sp³-hybridized carbons (Fsp3) is 0.125. The number of nitrogens with zero attached hydrogens (tertiary/aromatic N) is 2. The zero-order valence-corrected chi connectivity index (χ0v) is 11.3. The standard InChI is InChI=1S/C16H10N2O4/c17-18(13-9-5-1-3-7-11(9)21-15(13)19)14-10-6-2-4-8-12(10)22-16(14)20/h1-8,13-14H. The van der Waals surface area contributed by atoms with Gasteiger partial charge in [-0.3, -0.25) is 4.70 Å². The molecule has 6 heteroatoms. The Morgan fingerprint density at radius 3 is 1.64 bits per heavy atom. The zero-order valence-electron chi connectivity index (χ0n) is 11.3. The number of hydrogen-bond acceptors (Lipinski definition) is 4. The van der Waals surface area contributed by atoms with Crippen LogP contribution in [-0.4, -0.2) is 16.6 Å². The summed E-state index contributed by atoms with van der Waals surface area (Å²) in [5, 5.41) is 0. The van der Waals surface area contributed by atoms with Gasteiger partial charge in [-0.25, -0.2) is 9.59 Å². The van der Waals surface area contributed by atoms with Gasteiger partial charge in [-0.05, 0) is 24.3 Å². The summed E-state index contributed by atoms with van der Waals surface area (Å²) < 4.78 is 11.0. The summed E-state index contributed by atoms with van der Waals surface area (Å²) in [6, 6.07) is 11.5. The fourth-order valence-electron chi connectivity index (χ4n) is 2.83. The molecule has 2 aliphatic heterocycles. The van der Waals surface area contributed by atoms with E-state index in [1.165, 1.54) is 0 Å². The average Bonchev–Trinajstić information content (AvgIpc) is 3.01. The Morgan fingerprint density at radius 1 is 0.773 bits per heavy atom. The molecule has 2 heterocycles. The predicted molar refractivity (Wildman–Crippen MR) is 73.3 cm³/mol. The van der Waals surface area contributed by atoms with Crippen molar-refractivity contribution in [1.29, 1.82) is 0 Å². The molecule has 0 spiro atoms. The molecule has 2 aromatic carbocycles. The van der Waals surface area contributed by atoms with Crippen LogP contribution in [0, 0.1) is 0 Å². The van der Waals surface area contributed by atoms with Crippen molar-refractivity contribution in [2.24, 2.45) is 0 Å². The molecule has 0 saturated carbocycles. The van der Waals surface area contributed by atoms with Crippen LogP contribution in [-0.2, 0) is 9.59 Å². The summed E-state index contributed by atoms with van der Waals surface area (Å²) in [5.41, 5.74) is 11.6. The molecular formula is C16H10N2O4. The molecule has 0 saturated heterocycles. The first-order valence-electron chi connectivity index (χ1n) is 6.75. The summed E-state index contributed by atoms with van der Waals surface area (Å²) in [7, 11) is 0. The van der Waals surface area contributed by atoms with Gasteiger partial charge < -0.3 is 15.0 Å². The summed E-state index contributed by atoms with van der Waals surface area (Å²) in [5.74, 6) is -0.478. The van der Waals surface area contributed by atoms with Crippen molar-refractivity contribution in [2.45, 2.75) is 12.1 Å². The topological polar surface area (TPSA) is 77.9 Å². The Bertz CT molecular complexity index is 763. The van der Waals surface area contributed by atoms with E-state index < -0.39 is 24.0 Å². The molecule has 0 fully saturated rings. The lowest BCUT2D eigenvalue weighted by atomic mass is 10.0. The van der Waals surface area contributed by atoms with E-state index in [0.29, 0.717) is 27.3 Å². The largest absolute Gasteiger partial charge is 0.505 e. The van der Waals surface area contributed by atoms with E-state index in [4.69, 9.17) is 9.47 Å². The van der Waals surface area contributed by atoms with Crippen LogP contribution in [0.4, 0.5) is 0 Å². The molecule has 0 amide bonds. The van der Waals surface area contributed by atoms with Crippen LogP contribution in [0.2, 0.25) is 0 Å². The number of hydrogen-bond donors (Lipinski definition) is 0. The predicted octanol–water partition coefficient (Wildman–Crippen LogP) is 2.34. The summed E-state index contributed by atoms with van der Waals surface area (Å²) >= 11 is 0. The van der Waals surface area contributed by atoms with E-state index >= 15 is 0 Å². The Kier molecular flexibility index (Phi) is 2.59. The van der Waals surface area contributed by atoms with Crippen LogP contribution in [0.15, 0.2) is 48.5 Å². The number of benzene rings is 2. The molecular weight excluding hydrogens is 284 g/mol. The van der Waals surface area contributed by atoms with E-state index in [1.54, 1.807) is 48.5 Å². The number of carbonyl (C=O) groups is 2. The highest BCUT2D eigenvalue weighted by Crippen LogP contribution is 2.42. The normalized spacial score (nSPS) is 21.8. The van der Waals surface area contributed by atoms with Crippen LogP contribution >= 0.6 is 0 Å². The van der Waals surface area contributed by atoms with Gasteiger partial charge >= 0.3 is 11.9 Å². The van der Waals surface area contributed by atoms with Gasteiger partial charge in [0, 0.05) is 0 Å². The van der Waals surface area contributed by atoms with Gasteiger partial charge in [0.05, 0.1) is 11.1 Å². The van der Waals surface area contributed by atoms with Gasteiger partial charge in [0.15, 0.2) is 0 Å². The summed E-state index contributed by atoms with van der Waals surface area (Å²) in [6.07, 6.45) is 0. The number of rotatable bonds is 2. The monoisotopic (exact) mass is 294 g/mol. The molecule has 2 aromatic rings. The maximum Gasteiger partial charge on any atom is 0.385 e. The van der Waals surface area contributed by atoms with Crippen LogP contribution in [0.1, 0.15) is 23.2 Å². The molecule has 0 aromatic heterocycles. The van der Waals surface area contributed by atoms with Gasteiger partial charge in [-0.1, -0.05) is 24.3 Å². The SMILES string of the molecule is [N-]=[N+](C1C(=O)Oc2ccccc21)C1C(=O)Oc2ccccc21. The summed E-state index contributed by atoms with van der Waals surface area (Å²) in [4.78, 5) is 24.1. The molecule has 0 aliphatic carbocycles. The number of fused-ring (bicyclic) bond motifs is 2. The molecule has 2 unspecified atom stereocenters. The van der Waals surface area contributed by atoms with Gasteiger partial charge in [0.2, 0.25) is 0 Å². The van der Waals surface area contributed by atoms with Gasteiger partial charge in [-0.2, -0.15) is 0 Å². The molecule has 4 rings (SSSR count). The fourth-order valence-corrected chi connectivity index (χ4v) is 2.83. The van der Waals surface area contributed by atoms with Crippen LogP contribution in [0.5, 0.6) is 11.5 Å². The first-order chi connectivity index (χ1) is 10.7. The number of esters is 2. The van der Waals surface area contributed by atoms with Crippen LogP contribution in [0.25, 0.3) is 5.53 Å². The second-order valence-corrected chi connectivity index (χ2v) is 5.10. The third-order valence-corrected chi connectivity index (χ3v) is 3.82. The van der Waals surface area contributed by atoms with E-state index in [-0.39, 0.29) is 0 Å². The first kappa shape index (κ1) is 12.7. The Hall–Kier alpha value is -3.02. The maximum atomic E-state index is 12.1. The highest BCUT2D eigenvalue weighted by atomic mass is 16.5. The third kappa shape index (κ3) is 1.67. The summed E-state index contributed by atoms with van der Waals surface area (Å²) in [6.45, 7) is 0. The van der Waals surface area contributed by atoms with Crippen molar-refractivity contribution in [2.75, 3.05) is 0 Å². The number of para-hydroxylation sites is 2. The Balaban J connectivity index is 1.77. The lowest BCUT2D eigenvalue weighted by molar-refractivity contribution is -0.607. The second-order valence-electron chi connectivity index (χ2n) is 5.10. The molecule has 22 heavy (non-hydrogen) atoms. The van der Waals surface area contributed by atoms with Crippen molar-refractivity contribution in [1.82, 2.24) is 0 Å². The van der Waals surface area contributed by atoms with Gasteiger partial charge in [0.25, 0.3) is 12.1 Å². The maximum absolute atomic E-state index is 12.1. The zero-order chi connectivity index (χ0) is 15.3. The molecule has 2 atom stereocenters. The van der Waals surface area contributed by atoms with E-state index in [2.05, 4.69) is 0 Å². The molecule has 0 N–H and O–H groups in total. The van der Waals surface area contributed by atoms with Crippen molar-refractivity contribution >= 4 is 11.9 Å². The van der Waals surface area contributed by atoms with Crippen molar-refractivity contribution < 1.29 is 23.8 Å². The highest BCUT2D eigenvalue weighted by Gasteiger charge is 2.48. The highest BCUT2D eigenvalue weighted by molar-refractivity contribution is 5.86. The van der Waals surface area contributed by atoms with E-state index in [0.717, 1.165) is 0 Å². The quantitative estimate of drug-likeness (QED) is 0.368. The van der Waals surface area contributed by atoms with Crippen LogP contribution in [0.3, 0.4) is 0 Å². The van der Waals surface area contributed by atoms with Crippen molar-refractivity contribution in [3.63, 3.8) is 0 Å². The van der Waals surface area contributed by atoms with Crippen LogP contribution < -0.4 is 9.47 Å². The molecule has 0 radical (unpaired) electrons.